The SMILES string of the molecule is Cc1cc2c(SCc3cccc(C(N)=S)c3)ncnc2s1. The van der Waals surface area contributed by atoms with E-state index in [9.17, 15) is 0 Å². The molecule has 0 fully saturated rings. The van der Waals surface area contributed by atoms with Gasteiger partial charge in [0.1, 0.15) is 21.2 Å². The first-order valence-corrected chi connectivity index (χ1v) is 8.57. The van der Waals surface area contributed by atoms with E-state index in [1.165, 1.54) is 10.4 Å². The molecule has 0 spiro atoms. The van der Waals surface area contributed by atoms with Gasteiger partial charge >= 0.3 is 0 Å². The zero-order chi connectivity index (χ0) is 14.8. The molecule has 2 heterocycles. The van der Waals surface area contributed by atoms with Gasteiger partial charge in [-0.15, -0.1) is 23.1 Å². The Morgan fingerprint density at radius 3 is 3.00 bits per heavy atom. The Morgan fingerprint density at radius 1 is 1.33 bits per heavy atom. The van der Waals surface area contributed by atoms with Crippen molar-refractivity contribution >= 4 is 50.5 Å². The quantitative estimate of drug-likeness (QED) is 0.446. The van der Waals surface area contributed by atoms with Crippen LogP contribution in [0.4, 0.5) is 0 Å². The van der Waals surface area contributed by atoms with E-state index in [2.05, 4.69) is 29.0 Å². The van der Waals surface area contributed by atoms with Crippen LogP contribution < -0.4 is 5.73 Å². The molecule has 0 saturated carbocycles. The molecular formula is C15H13N3S3. The van der Waals surface area contributed by atoms with Crippen molar-refractivity contribution in [2.45, 2.75) is 17.7 Å². The summed E-state index contributed by atoms with van der Waals surface area (Å²) in [5, 5.41) is 2.15. The van der Waals surface area contributed by atoms with Gasteiger partial charge in [-0.3, -0.25) is 0 Å². The first-order valence-electron chi connectivity index (χ1n) is 6.36. The molecule has 1 aromatic carbocycles. The molecule has 3 aromatic rings. The van der Waals surface area contributed by atoms with Crippen molar-refractivity contribution in [2.24, 2.45) is 5.73 Å². The molecule has 0 amide bonds. The van der Waals surface area contributed by atoms with Crippen LogP contribution in [0.15, 0.2) is 41.7 Å². The number of nitrogens with zero attached hydrogens (tertiary/aromatic N) is 2. The summed E-state index contributed by atoms with van der Waals surface area (Å²) >= 11 is 8.42. The number of aromatic nitrogens is 2. The second-order valence-electron chi connectivity index (χ2n) is 4.61. The van der Waals surface area contributed by atoms with Gasteiger partial charge in [0.2, 0.25) is 0 Å². The van der Waals surface area contributed by atoms with E-state index in [0.717, 1.165) is 26.6 Å². The summed E-state index contributed by atoms with van der Waals surface area (Å²) in [4.78, 5) is 11.4. The van der Waals surface area contributed by atoms with Gasteiger partial charge < -0.3 is 5.73 Å². The molecule has 21 heavy (non-hydrogen) atoms. The highest BCUT2D eigenvalue weighted by molar-refractivity contribution is 7.98. The lowest BCUT2D eigenvalue weighted by atomic mass is 10.1. The summed E-state index contributed by atoms with van der Waals surface area (Å²) < 4.78 is 0. The number of hydrogen-bond donors (Lipinski definition) is 1. The molecule has 0 saturated heterocycles. The second-order valence-corrected chi connectivity index (χ2v) is 7.25. The number of aryl methyl sites for hydroxylation is 1. The van der Waals surface area contributed by atoms with Crippen molar-refractivity contribution in [3.05, 3.63) is 52.7 Å². The highest BCUT2D eigenvalue weighted by Gasteiger charge is 2.08. The first kappa shape index (κ1) is 14.4. The van der Waals surface area contributed by atoms with Gasteiger partial charge in [-0.1, -0.05) is 30.4 Å². The Morgan fingerprint density at radius 2 is 2.19 bits per heavy atom. The normalized spacial score (nSPS) is 10.9. The largest absolute Gasteiger partial charge is 0.389 e. The third-order valence-electron chi connectivity index (χ3n) is 3.00. The Hall–Kier alpha value is -1.50. The molecule has 3 rings (SSSR count). The summed E-state index contributed by atoms with van der Waals surface area (Å²) in [6.45, 7) is 2.09. The van der Waals surface area contributed by atoms with Gasteiger partial charge in [0.05, 0.1) is 0 Å². The Kier molecular flexibility index (Phi) is 4.19. The third-order valence-corrected chi connectivity index (χ3v) is 5.27. The van der Waals surface area contributed by atoms with Crippen molar-refractivity contribution in [3.63, 3.8) is 0 Å². The minimum Gasteiger partial charge on any atom is -0.389 e. The zero-order valence-electron chi connectivity index (χ0n) is 11.4. The van der Waals surface area contributed by atoms with E-state index in [1.807, 2.05) is 18.2 Å². The summed E-state index contributed by atoms with van der Waals surface area (Å²) in [5.41, 5.74) is 7.76. The topological polar surface area (TPSA) is 51.8 Å². The fraction of sp³-hybridized carbons (Fsp3) is 0.133. The van der Waals surface area contributed by atoms with Crippen LogP contribution in [0.1, 0.15) is 16.0 Å². The zero-order valence-corrected chi connectivity index (χ0v) is 13.8. The summed E-state index contributed by atoms with van der Waals surface area (Å²) in [6, 6.07) is 10.2. The fourth-order valence-corrected chi connectivity index (χ4v) is 3.99. The standard InChI is InChI=1S/C15H13N3S3/c1-9-5-12-14(17-8-18-15(12)21-9)20-7-10-3-2-4-11(6-10)13(16)19/h2-6,8H,7H2,1H3,(H2,16,19). The van der Waals surface area contributed by atoms with Crippen molar-refractivity contribution in [2.75, 3.05) is 0 Å². The van der Waals surface area contributed by atoms with Crippen molar-refractivity contribution in [3.8, 4) is 0 Å². The van der Waals surface area contributed by atoms with Gasteiger partial charge in [0.25, 0.3) is 0 Å². The van der Waals surface area contributed by atoms with Crippen LogP contribution >= 0.6 is 35.3 Å². The molecule has 2 N–H and O–H groups in total. The van der Waals surface area contributed by atoms with Crippen molar-refractivity contribution in [1.29, 1.82) is 0 Å². The lowest BCUT2D eigenvalue weighted by molar-refractivity contribution is 1.11. The number of thiophene rings is 1. The van der Waals surface area contributed by atoms with Gasteiger partial charge in [-0.2, -0.15) is 0 Å². The summed E-state index contributed by atoms with van der Waals surface area (Å²) in [7, 11) is 0. The van der Waals surface area contributed by atoms with Gasteiger partial charge in [-0.05, 0) is 24.6 Å². The predicted octanol–water partition coefficient (Wildman–Crippen LogP) is 3.93. The van der Waals surface area contributed by atoms with Crippen LogP contribution in [-0.4, -0.2) is 15.0 Å². The highest BCUT2D eigenvalue weighted by atomic mass is 32.2. The average Bonchev–Trinajstić information content (AvgIpc) is 2.86. The smallest absolute Gasteiger partial charge is 0.128 e. The number of fused-ring (bicyclic) bond motifs is 1. The molecule has 0 aliphatic heterocycles. The van der Waals surface area contributed by atoms with Gasteiger partial charge in [0, 0.05) is 21.6 Å². The predicted molar refractivity (Wildman–Crippen MR) is 94.0 cm³/mol. The minimum absolute atomic E-state index is 0.430. The third kappa shape index (κ3) is 3.23. The molecule has 0 aliphatic rings. The number of rotatable bonds is 4. The molecule has 2 aromatic heterocycles. The van der Waals surface area contributed by atoms with E-state index in [4.69, 9.17) is 18.0 Å². The van der Waals surface area contributed by atoms with Crippen LogP contribution in [0.5, 0.6) is 0 Å². The van der Waals surface area contributed by atoms with Crippen LogP contribution in [-0.2, 0) is 5.75 Å². The molecule has 106 valence electrons. The van der Waals surface area contributed by atoms with Crippen LogP contribution in [0.25, 0.3) is 10.2 Å². The average molecular weight is 331 g/mol. The summed E-state index contributed by atoms with van der Waals surface area (Å²) in [6.07, 6.45) is 1.63. The van der Waals surface area contributed by atoms with Crippen molar-refractivity contribution < 1.29 is 0 Å². The first-order chi connectivity index (χ1) is 10.1. The Bertz CT molecular complexity index is 811. The number of thioether (sulfide) groups is 1. The maximum Gasteiger partial charge on any atom is 0.128 e. The Balaban J connectivity index is 1.83. The lowest BCUT2D eigenvalue weighted by Crippen LogP contribution is -2.09. The van der Waals surface area contributed by atoms with Crippen LogP contribution in [0.2, 0.25) is 0 Å². The van der Waals surface area contributed by atoms with E-state index in [1.54, 1.807) is 29.4 Å². The van der Waals surface area contributed by atoms with Crippen LogP contribution in [0.3, 0.4) is 0 Å². The molecule has 0 bridgehead atoms. The number of hydrogen-bond acceptors (Lipinski definition) is 5. The number of thiocarbonyl (C=S) groups is 1. The van der Waals surface area contributed by atoms with E-state index in [-0.39, 0.29) is 0 Å². The Labute approximate surface area is 136 Å². The number of nitrogens with two attached hydrogens (primary N) is 1. The molecular weight excluding hydrogens is 318 g/mol. The van der Waals surface area contributed by atoms with Crippen molar-refractivity contribution in [1.82, 2.24) is 9.97 Å². The minimum atomic E-state index is 0.430. The van der Waals surface area contributed by atoms with Gasteiger partial charge in [-0.25, -0.2) is 9.97 Å². The molecule has 0 atom stereocenters. The number of benzene rings is 1. The maximum absolute atomic E-state index is 5.67. The van der Waals surface area contributed by atoms with Crippen LogP contribution in [0, 0.1) is 6.92 Å². The lowest BCUT2D eigenvalue weighted by Gasteiger charge is -2.04. The monoisotopic (exact) mass is 331 g/mol. The second kappa shape index (κ2) is 6.09. The molecule has 3 nitrogen and oxygen atoms in total. The molecule has 0 aliphatic carbocycles. The fourth-order valence-electron chi connectivity index (χ4n) is 2.04. The van der Waals surface area contributed by atoms with Gasteiger partial charge in [0.15, 0.2) is 0 Å². The maximum atomic E-state index is 5.67. The molecule has 0 radical (unpaired) electrons. The van der Waals surface area contributed by atoms with E-state index in [0.29, 0.717) is 4.99 Å². The summed E-state index contributed by atoms with van der Waals surface area (Å²) in [5.74, 6) is 0.831. The molecule has 6 heteroatoms. The van der Waals surface area contributed by atoms with E-state index >= 15 is 0 Å². The van der Waals surface area contributed by atoms with E-state index < -0.39 is 0 Å². The molecule has 0 unspecified atom stereocenters. The highest BCUT2D eigenvalue weighted by Crippen LogP contribution is 2.31.